The van der Waals surface area contributed by atoms with Gasteiger partial charge in [-0.2, -0.15) is 0 Å². The number of likely N-dealkylation sites (tertiary alicyclic amines) is 1. The zero-order valence-corrected chi connectivity index (χ0v) is 18.7. The molecule has 2 amide bonds. The van der Waals surface area contributed by atoms with E-state index in [1.165, 1.54) is 18.2 Å². The van der Waals surface area contributed by atoms with Gasteiger partial charge in [0.2, 0.25) is 10.8 Å². The maximum atomic E-state index is 14.1. The van der Waals surface area contributed by atoms with Gasteiger partial charge in [-0.05, 0) is 55.6 Å². The Kier molecular flexibility index (Phi) is 5.18. The smallest absolute Gasteiger partial charge is 0.269 e. The van der Waals surface area contributed by atoms with Gasteiger partial charge in [0.25, 0.3) is 5.91 Å². The van der Waals surface area contributed by atoms with Crippen molar-refractivity contribution in [3.8, 4) is 5.75 Å². The van der Waals surface area contributed by atoms with Gasteiger partial charge in [0.1, 0.15) is 5.75 Å². The standard InChI is InChI=1S/C24H27N3O3S/c1-17-6-5-13-25(14-17)16-26-21-8-4-3-7-20(21)24(23(26)29)27(22(28)15-31-24)18-9-11-19(30-2)12-10-18/h3-4,7-12,17H,5-6,13-16H2,1-2H3. The van der Waals surface area contributed by atoms with Gasteiger partial charge >= 0.3 is 0 Å². The van der Waals surface area contributed by atoms with Crippen molar-refractivity contribution in [2.75, 3.05) is 42.4 Å². The van der Waals surface area contributed by atoms with E-state index in [0.717, 1.165) is 36.5 Å². The molecule has 3 aliphatic rings. The van der Waals surface area contributed by atoms with Crippen molar-refractivity contribution in [1.82, 2.24) is 4.90 Å². The van der Waals surface area contributed by atoms with E-state index in [2.05, 4.69) is 11.8 Å². The van der Waals surface area contributed by atoms with Crippen LogP contribution in [0.5, 0.6) is 5.75 Å². The van der Waals surface area contributed by atoms with Crippen molar-refractivity contribution in [3.63, 3.8) is 0 Å². The topological polar surface area (TPSA) is 53.1 Å². The van der Waals surface area contributed by atoms with Gasteiger partial charge in [-0.1, -0.05) is 25.1 Å². The Hall–Kier alpha value is -2.51. The van der Waals surface area contributed by atoms with Crippen LogP contribution in [0.15, 0.2) is 48.5 Å². The zero-order valence-electron chi connectivity index (χ0n) is 17.9. The maximum absolute atomic E-state index is 14.1. The minimum atomic E-state index is -1.05. The lowest BCUT2D eigenvalue weighted by Crippen LogP contribution is -2.52. The fourth-order valence-corrected chi connectivity index (χ4v) is 6.40. The third-order valence-electron chi connectivity index (χ3n) is 6.48. The van der Waals surface area contributed by atoms with Crippen LogP contribution in [0.1, 0.15) is 25.3 Å². The minimum absolute atomic E-state index is 0.0291. The molecule has 162 valence electrons. The number of nitrogens with zero attached hydrogens (tertiary/aromatic N) is 3. The highest BCUT2D eigenvalue weighted by Gasteiger charge is 2.61. The van der Waals surface area contributed by atoms with Crippen LogP contribution in [0.2, 0.25) is 0 Å². The molecule has 5 rings (SSSR count). The zero-order chi connectivity index (χ0) is 21.6. The molecule has 0 N–H and O–H groups in total. The molecule has 2 fully saturated rings. The molecule has 2 atom stereocenters. The Labute approximate surface area is 187 Å². The predicted octanol–water partition coefficient (Wildman–Crippen LogP) is 3.66. The molecular weight excluding hydrogens is 410 g/mol. The molecule has 2 saturated heterocycles. The summed E-state index contributed by atoms with van der Waals surface area (Å²) in [6, 6.07) is 15.3. The van der Waals surface area contributed by atoms with Crippen LogP contribution in [0, 0.1) is 5.92 Å². The Morgan fingerprint density at radius 3 is 2.65 bits per heavy atom. The molecule has 7 heteroatoms. The largest absolute Gasteiger partial charge is 0.497 e. The summed E-state index contributed by atoms with van der Waals surface area (Å²) >= 11 is 1.43. The summed E-state index contributed by atoms with van der Waals surface area (Å²) in [5, 5.41) is 0. The van der Waals surface area contributed by atoms with Crippen LogP contribution in [0.25, 0.3) is 0 Å². The fourth-order valence-electron chi connectivity index (χ4n) is 5.04. The van der Waals surface area contributed by atoms with Crippen molar-refractivity contribution in [3.05, 3.63) is 54.1 Å². The van der Waals surface area contributed by atoms with Gasteiger partial charge in [0.15, 0.2) is 0 Å². The second-order valence-electron chi connectivity index (χ2n) is 8.58. The molecule has 0 aliphatic carbocycles. The second-order valence-corrected chi connectivity index (χ2v) is 9.74. The van der Waals surface area contributed by atoms with Gasteiger partial charge in [0, 0.05) is 17.8 Å². The number of piperidine rings is 1. The monoisotopic (exact) mass is 437 g/mol. The number of methoxy groups -OCH3 is 1. The first-order valence-electron chi connectivity index (χ1n) is 10.8. The average Bonchev–Trinajstić information content (AvgIpc) is 3.25. The molecule has 0 bridgehead atoms. The summed E-state index contributed by atoms with van der Waals surface area (Å²) in [6.07, 6.45) is 2.39. The number of benzene rings is 2. The lowest BCUT2D eigenvalue weighted by Gasteiger charge is -2.36. The van der Waals surface area contributed by atoms with Gasteiger partial charge in [-0.15, -0.1) is 11.8 Å². The van der Waals surface area contributed by atoms with E-state index in [9.17, 15) is 9.59 Å². The molecule has 0 saturated carbocycles. The van der Waals surface area contributed by atoms with Crippen LogP contribution in [-0.2, 0) is 14.5 Å². The molecule has 3 heterocycles. The first-order valence-corrected chi connectivity index (χ1v) is 11.8. The second kappa shape index (κ2) is 7.88. The molecule has 2 aromatic rings. The maximum Gasteiger partial charge on any atom is 0.269 e. The normalized spacial score (nSPS) is 26.1. The number of rotatable bonds is 4. The third-order valence-corrected chi connectivity index (χ3v) is 7.86. The van der Waals surface area contributed by atoms with Crippen LogP contribution in [-0.4, -0.2) is 49.3 Å². The Balaban J connectivity index is 1.55. The predicted molar refractivity (Wildman–Crippen MR) is 123 cm³/mol. The van der Waals surface area contributed by atoms with E-state index in [0.29, 0.717) is 18.3 Å². The summed E-state index contributed by atoms with van der Waals surface area (Å²) in [5.74, 6) is 1.55. The summed E-state index contributed by atoms with van der Waals surface area (Å²) in [4.78, 5) is 32.0. The number of thioether (sulfide) groups is 1. The van der Waals surface area contributed by atoms with Crippen molar-refractivity contribution in [2.45, 2.75) is 24.6 Å². The molecule has 0 aromatic heterocycles. The van der Waals surface area contributed by atoms with E-state index in [4.69, 9.17) is 4.74 Å². The summed E-state index contributed by atoms with van der Waals surface area (Å²) in [6.45, 7) is 4.82. The van der Waals surface area contributed by atoms with Crippen LogP contribution >= 0.6 is 11.8 Å². The number of ether oxygens (including phenoxy) is 1. The molecule has 31 heavy (non-hydrogen) atoms. The quantitative estimate of drug-likeness (QED) is 0.731. The highest BCUT2D eigenvalue weighted by molar-refractivity contribution is 8.02. The molecule has 3 aliphatic heterocycles. The number of amides is 2. The number of carbonyl (C=O) groups is 2. The molecule has 0 radical (unpaired) electrons. The van der Waals surface area contributed by atoms with Crippen molar-refractivity contribution in [1.29, 1.82) is 0 Å². The first kappa shape index (κ1) is 20.4. The molecule has 1 spiro atoms. The Morgan fingerprint density at radius 1 is 1.13 bits per heavy atom. The molecule has 6 nitrogen and oxygen atoms in total. The summed E-state index contributed by atoms with van der Waals surface area (Å²) in [5.41, 5.74) is 2.52. The number of fused-ring (bicyclic) bond motifs is 2. The number of anilines is 2. The molecular formula is C24H27N3O3S. The van der Waals surface area contributed by atoms with Gasteiger partial charge in [-0.3, -0.25) is 24.3 Å². The fraction of sp³-hybridized carbons (Fsp3) is 0.417. The molecule has 2 unspecified atom stereocenters. The first-order chi connectivity index (χ1) is 15.0. The number of hydrogen-bond acceptors (Lipinski definition) is 5. The summed E-state index contributed by atoms with van der Waals surface area (Å²) < 4.78 is 5.27. The van der Waals surface area contributed by atoms with E-state index in [-0.39, 0.29) is 17.6 Å². The SMILES string of the molecule is COc1ccc(N2C(=O)CSC23C(=O)N(CN2CCCC(C)C2)c2ccccc23)cc1. The van der Waals surface area contributed by atoms with Gasteiger partial charge < -0.3 is 4.74 Å². The molecule has 2 aromatic carbocycles. The van der Waals surface area contributed by atoms with Crippen molar-refractivity contribution < 1.29 is 14.3 Å². The number of carbonyl (C=O) groups excluding carboxylic acids is 2. The van der Waals surface area contributed by atoms with Crippen molar-refractivity contribution >= 4 is 35.0 Å². The van der Waals surface area contributed by atoms with Crippen LogP contribution in [0.3, 0.4) is 0 Å². The lowest BCUT2D eigenvalue weighted by molar-refractivity contribution is -0.124. The van der Waals surface area contributed by atoms with Gasteiger partial charge in [0.05, 0.1) is 25.2 Å². The number of para-hydroxylation sites is 1. The highest BCUT2D eigenvalue weighted by Crippen LogP contribution is 2.55. The Morgan fingerprint density at radius 2 is 1.90 bits per heavy atom. The Bertz CT molecular complexity index is 1010. The van der Waals surface area contributed by atoms with E-state index >= 15 is 0 Å². The van der Waals surface area contributed by atoms with Crippen LogP contribution < -0.4 is 14.5 Å². The minimum Gasteiger partial charge on any atom is -0.497 e. The van der Waals surface area contributed by atoms with Crippen LogP contribution in [0.4, 0.5) is 11.4 Å². The summed E-state index contributed by atoms with van der Waals surface area (Å²) in [7, 11) is 1.61. The van der Waals surface area contributed by atoms with E-state index in [1.54, 1.807) is 12.0 Å². The van der Waals surface area contributed by atoms with Crippen molar-refractivity contribution in [2.24, 2.45) is 5.92 Å². The third kappa shape index (κ3) is 3.22. The highest BCUT2D eigenvalue weighted by atomic mass is 32.2. The van der Waals surface area contributed by atoms with E-state index in [1.807, 2.05) is 53.4 Å². The average molecular weight is 438 g/mol. The van der Waals surface area contributed by atoms with E-state index < -0.39 is 4.87 Å². The number of hydrogen-bond donors (Lipinski definition) is 0. The lowest BCUT2D eigenvalue weighted by atomic mass is 10.0. The van der Waals surface area contributed by atoms with Gasteiger partial charge in [-0.25, -0.2) is 0 Å².